The van der Waals surface area contributed by atoms with Crippen LogP contribution in [0.4, 0.5) is 4.39 Å². The van der Waals surface area contributed by atoms with Crippen LogP contribution in [0.2, 0.25) is 0 Å². The lowest BCUT2D eigenvalue weighted by atomic mass is 9.89. The largest absolute Gasteiger partial charge is 0.298 e. The third-order valence-electron chi connectivity index (χ3n) is 4.01. The molecule has 2 amide bonds. The molecule has 1 aromatic rings. The summed E-state index contributed by atoms with van der Waals surface area (Å²) in [6, 6.07) is 5.94. The number of aliphatic imine (C=N–C) groups is 1. The summed E-state index contributed by atoms with van der Waals surface area (Å²) in [6.07, 6.45) is 9.31. The molecule has 25 heavy (non-hydrogen) atoms. The highest BCUT2D eigenvalue weighted by atomic mass is 19.1. The number of halogens is 1. The highest BCUT2D eigenvalue weighted by Crippen LogP contribution is 2.26. The molecule has 7 heteroatoms. The number of benzene rings is 1. The quantitative estimate of drug-likeness (QED) is 0.497. The Morgan fingerprint density at radius 3 is 2.96 bits per heavy atom. The average molecular weight is 341 g/mol. The molecule has 2 unspecified atom stereocenters. The molecule has 0 aromatic heterocycles. The van der Waals surface area contributed by atoms with Gasteiger partial charge in [0.1, 0.15) is 5.82 Å². The maximum absolute atomic E-state index is 13.8. The molecule has 0 saturated heterocycles. The smallest absolute Gasteiger partial charge is 0.267 e. The molecule has 128 valence electrons. The Morgan fingerprint density at radius 2 is 2.20 bits per heavy atom. The molecule has 2 aliphatic rings. The van der Waals surface area contributed by atoms with Crippen LogP contribution in [0.15, 0.2) is 65.2 Å². The summed E-state index contributed by atoms with van der Waals surface area (Å²) in [7, 11) is 0. The maximum atomic E-state index is 13.8. The summed E-state index contributed by atoms with van der Waals surface area (Å²) in [4.78, 5) is 29.4. The van der Waals surface area contributed by atoms with Gasteiger partial charge in [-0.1, -0.05) is 36.4 Å². The third kappa shape index (κ3) is 3.72. The summed E-state index contributed by atoms with van der Waals surface area (Å²) >= 11 is 0. The first-order valence-corrected chi connectivity index (χ1v) is 7.68. The average Bonchev–Trinajstić information content (AvgIpc) is 2.63. The standard InChI is InChI=1S/C18H16FN3O3/c19-15-4-2-1-3-13(15)10-22-11-20-16-9-12(6-8-17(23)21-25)5-7-14(16)18(22)24/h1-9,11,14,16,25H,10H2,(H,21,23)/b8-6+. The fourth-order valence-corrected chi connectivity index (χ4v) is 2.70. The topological polar surface area (TPSA) is 82.0 Å². The van der Waals surface area contributed by atoms with Crippen molar-refractivity contribution in [3.05, 3.63) is 71.6 Å². The van der Waals surface area contributed by atoms with Crippen molar-refractivity contribution in [2.24, 2.45) is 10.9 Å². The van der Waals surface area contributed by atoms with Crippen molar-refractivity contribution >= 4 is 18.2 Å². The molecule has 1 heterocycles. The number of hydrogen-bond donors (Lipinski definition) is 2. The monoisotopic (exact) mass is 341 g/mol. The van der Waals surface area contributed by atoms with Crippen molar-refractivity contribution in [2.75, 3.05) is 0 Å². The highest BCUT2D eigenvalue weighted by Gasteiger charge is 2.33. The minimum Gasteiger partial charge on any atom is -0.298 e. The Bertz CT molecular complexity index is 814. The van der Waals surface area contributed by atoms with Crippen molar-refractivity contribution in [1.82, 2.24) is 10.4 Å². The molecule has 2 N–H and O–H groups in total. The van der Waals surface area contributed by atoms with Gasteiger partial charge in [-0.25, -0.2) is 9.87 Å². The Hall–Kier alpha value is -3.06. The molecule has 1 aliphatic heterocycles. The van der Waals surface area contributed by atoms with Gasteiger partial charge >= 0.3 is 0 Å². The number of hydrogen-bond acceptors (Lipinski definition) is 4. The van der Waals surface area contributed by atoms with Gasteiger partial charge in [0.25, 0.3) is 5.91 Å². The summed E-state index contributed by atoms with van der Waals surface area (Å²) < 4.78 is 13.8. The van der Waals surface area contributed by atoms with Crippen molar-refractivity contribution in [3.8, 4) is 0 Å². The molecule has 1 aromatic carbocycles. The molecule has 0 bridgehead atoms. The lowest BCUT2D eigenvalue weighted by molar-refractivity contribution is -0.131. The second kappa shape index (κ2) is 7.23. The van der Waals surface area contributed by atoms with Gasteiger partial charge in [0.2, 0.25) is 5.91 Å². The van der Waals surface area contributed by atoms with Crippen LogP contribution in [0.1, 0.15) is 5.56 Å². The van der Waals surface area contributed by atoms with Gasteiger partial charge in [-0.3, -0.25) is 24.7 Å². The third-order valence-corrected chi connectivity index (χ3v) is 4.01. The number of allylic oxidation sites excluding steroid dienone is 3. The maximum Gasteiger partial charge on any atom is 0.267 e. The number of rotatable bonds is 4. The van der Waals surface area contributed by atoms with E-state index in [9.17, 15) is 14.0 Å². The Balaban J connectivity index is 1.75. The minimum absolute atomic E-state index is 0.124. The molecule has 0 fully saturated rings. The van der Waals surface area contributed by atoms with Crippen LogP contribution >= 0.6 is 0 Å². The summed E-state index contributed by atoms with van der Waals surface area (Å²) in [6.45, 7) is 0.124. The van der Waals surface area contributed by atoms with E-state index < -0.39 is 11.8 Å². The number of fused-ring (bicyclic) bond motifs is 1. The first kappa shape index (κ1) is 16.8. The van der Waals surface area contributed by atoms with Gasteiger partial charge in [0, 0.05) is 11.6 Å². The first-order chi connectivity index (χ1) is 12.1. The van der Waals surface area contributed by atoms with Gasteiger partial charge in [0.15, 0.2) is 0 Å². The van der Waals surface area contributed by atoms with E-state index in [-0.39, 0.29) is 24.3 Å². The van der Waals surface area contributed by atoms with E-state index in [1.165, 1.54) is 34.9 Å². The number of nitrogens with one attached hydrogen (secondary N) is 1. The van der Waals surface area contributed by atoms with E-state index in [4.69, 9.17) is 5.21 Å². The van der Waals surface area contributed by atoms with Crippen molar-refractivity contribution < 1.29 is 19.2 Å². The van der Waals surface area contributed by atoms with Crippen molar-refractivity contribution in [3.63, 3.8) is 0 Å². The van der Waals surface area contributed by atoms with E-state index in [0.717, 1.165) is 0 Å². The zero-order chi connectivity index (χ0) is 17.8. The summed E-state index contributed by atoms with van der Waals surface area (Å²) in [5, 5.41) is 8.47. The molecule has 1 aliphatic carbocycles. The van der Waals surface area contributed by atoms with Gasteiger partial charge in [-0.2, -0.15) is 0 Å². The molecule has 2 atom stereocenters. The fourth-order valence-electron chi connectivity index (χ4n) is 2.70. The van der Waals surface area contributed by atoms with E-state index in [1.54, 1.807) is 36.4 Å². The first-order valence-electron chi connectivity index (χ1n) is 7.68. The van der Waals surface area contributed by atoms with Gasteiger partial charge in [0.05, 0.1) is 24.8 Å². The molecule has 6 nitrogen and oxygen atoms in total. The highest BCUT2D eigenvalue weighted by molar-refractivity contribution is 5.94. The second-order valence-corrected chi connectivity index (χ2v) is 5.67. The van der Waals surface area contributed by atoms with Crippen molar-refractivity contribution in [1.29, 1.82) is 0 Å². The van der Waals surface area contributed by atoms with Crippen LogP contribution < -0.4 is 5.48 Å². The summed E-state index contributed by atoms with van der Waals surface area (Å²) in [5.41, 5.74) is 2.63. The zero-order valence-electron chi connectivity index (χ0n) is 13.2. The van der Waals surface area contributed by atoms with Gasteiger partial charge in [-0.15, -0.1) is 0 Å². The van der Waals surface area contributed by atoms with Crippen LogP contribution in [0.25, 0.3) is 0 Å². The van der Waals surface area contributed by atoms with Gasteiger partial charge < -0.3 is 0 Å². The number of carbonyl (C=O) groups is 2. The molecule has 0 saturated carbocycles. The van der Waals surface area contributed by atoms with Gasteiger partial charge in [-0.05, 0) is 17.7 Å². The molecule has 3 rings (SSSR count). The van der Waals surface area contributed by atoms with E-state index in [2.05, 4.69) is 4.99 Å². The Kier molecular flexibility index (Phi) is 4.85. The predicted octanol–water partition coefficient (Wildman–Crippen LogP) is 1.74. The van der Waals surface area contributed by atoms with Crippen LogP contribution in [0.3, 0.4) is 0 Å². The molecule has 0 radical (unpaired) electrons. The zero-order valence-corrected chi connectivity index (χ0v) is 13.2. The molecule has 0 spiro atoms. The number of hydroxylamine groups is 1. The Labute approximate surface area is 143 Å². The SMILES string of the molecule is O=C(/C=C/C1=CC2N=CN(Cc3ccccc3F)C(=O)C2C=C1)NO. The fraction of sp³-hybridized carbons (Fsp3) is 0.167. The normalized spacial score (nSPS) is 22.1. The minimum atomic E-state index is -0.643. The van der Waals surface area contributed by atoms with E-state index >= 15 is 0 Å². The lowest BCUT2D eigenvalue weighted by Gasteiger charge is -2.31. The van der Waals surface area contributed by atoms with Crippen molar-refractivity contribution in [2.45, 2.75) is 12.6 Å². The lowest BCUT2D eigenvalue weighted by Crippen LogP contribution is -2.43. The second-order valence-electron chi connectivity index (χ2n) is 5.67. The number of amides is 2. The Morgan fingerprint density at radius 1 is 1.40 bits per heavy atom. The number of nitrogens with zero attached hydrogens (tertiary/aromatic N) is 2. The van der Waals surface area contributed by atoms with Crippen LogP contribution in [-0.4, -0.2) is 34.3 Å². The number of carbonyl (C=O) groups excluding carboxylic acids is 2. The van der Waals surface area contributed by atoms with Crippen LogP contribution in [-0.2, 0) is 16.1 Å². The van der Waals surface area contributed by atoms with E-state index in [1.807, 2.05) is 0 Å². The molecular formula is C18H16FN3O3. The molecular weight excluding hydrogens is 325 g/mol. The van der Waals surface area contributed by atoms with Crippen LogP contribution in [0.5, 0.6) is 0 Å². The summed E-state index contributed by atoms with van der Waals surface area (Å²) in [5.74, 6) is -1.62. The van der Waals surface area contributed by atoms with Crippen LogP contribution in [0, 0.1) is 11.7 Å². The van der Waals surface area contributed by atoms with E-state index in [0.29, 0.717) is 11.1 Å². The predicted molar refractivity (Wildman–Crippen MR) is 89.0 cm³/mol.